The summed E-state index contributed by atoms with van der Waals surface area (Å²) in [6.07, 6.45) is 4.62. The Morgan fingerprint density at radius 1 is 1.12 bits per heavy atom. The molecule has 0 aliphatic heterocycles. The Balaban J connectivity index is 0. The van der Waals surface area contributed by atoms with Crippen molar-refractivity contribution in [2.24, 2.45) is 17.2 Å². The predicted molar refractivity (Wildman–Crippen MR) is 65.7 cm³/mol. The molecule has 0 atom stereocenters. The molecule has 0 fully saturated rings. The zero-order valence-corrected chi connectivity index (χ0v) is 10.6. The summed E-state index contributed by atoms with van der Waals surface area (Å²) in [5.74, 6) is -0.333. The minimum Gasteiger partial charge on any atom is -0.370 e. The monoisotopic (exact) mass is 270 g/mol. The molecule has 0 unspecified atom stereocenters. The number of nitrogens with two attached hydrogens (primary N) is 3. The highest BCUT2D eigenvalue weighted by molar-refractivity contribution is 7.80. The molecule has 0 amide bonds. The Morgan fingerprint density at radius 2 is 1.53 bits per heavy atom. The summed E-state index contributed by atoms with van der Waals surface area (Å²) in [6, 6.07) is 0. The minimum absolute atomic E-state index is 0.0570. The molecule has 104 valence electrons. The van der Waals surface area contributed by atoms with E-state index in [9.17, 15) is 8.42 Å². The molecule has 0 bridgehead atoms. The Bertz CT molecular complexity index is 277. The first-order valence-electron chi connectivity index (χ1n) is 5.21. The molecule has 0 rings (SSSR count). The van der Waals surface area contributed by atoms with Crippen molar-refractivity contribution in [2.75, 3.05) is 13.2 Å². The molecule has 17 heavy (non-hydrogen) atoms. The zero-order chi connectivity index (χ0) is 13.7. The molecule has 8 N–H and O–H groups in total. The predicted octanol–water partition coefficient (Wildman–Crippen LogP) is -0.446. The molecule has 0 radical (unpaired) electrons. The molecular formula is C8H22N4O4S. The molecule has 0 aliphatic rings. The summed E-state index contributed by atoms with van der Waals surface area (Å²) in [4.78, 5) is 0. The van der Waals surface area contributed by atoms with Gasteiger partial charge in [-0.2, -0.15) is 8.42 Å². The summed E-state index contributed by atoms with van der Waals surface area (Å²) in [5.41, 5.74) is 14.2. The van der Waals surface area contributed by atoms with Gasteiger partial charge in [-0.25, -0.2) is 4.18 Å². The van der Waals surface area contributed by atoms with Crippen LogP contribution in [0, 0.1) is 5.41 Å². The van der Waals surface area contributed by atoms with Gasteiger partial charge >= 0.3 is 10.4 Å². The molecule has 0 aromatic rings. The molecule has 0 aromatic heterocycles. The van der Waals surface area contributed by atoms with E-state index in [0.29, 0.717) is 13.0 Å². The van der Waals surface area contributed by atoms with Crippen LogP contribution in [0.2, 0.25) is 0 Å². The van der Waals surface area contributed by atoms with Gasteiger partial charge in [-0.1, -0.05) is 19.3 Å². The quantitative estimate of drug-likeness (QED) is 0.172. The second-order valence-corrected chi connectivity index (χ2v) is 4.35. The maximum Gasteiger partial charge on any atom is 0.397 e. The summed E-state index contributed by atoms with van der Waals surface area (Å²) in [6.45, 7) is 0.753. The third kappa shape index (κ3) is 31.3. The van der Waals surface area contributed by atoms with E-state index >= 15 is 0 Å². The van der Waals surface area contributed by atoms with Crippen molar-refractivity contribution in [3.8, 4) is 0 Å². The molecule has 0 aliphatic carbocycles. The van der Waals surface area contributed by atoms with Gasteiger partial charge < -0.3 is 17.2 Å². The van der Waals surface area contributed by atoms with Crippen LogP contribution >= 0.6 is 0 Å². The van der Waals surface area contributed by atoms with Crippen molar-refractivity contribution in [3.05, 3.63) is 0 Å². The van der Waals surface area contributed by atoms with Crippen molar-refractivity contribution in [2.45, 2.75) is 32.1 Å². The first-order valence-corrected chi connectivity index (χ1v) is 6.57. The smallest absolute Gasteiger partial charge is 0.370 e. The van der Waals surface area contributed by atoms with E-state index in [1.54, 1.807) is 0 Å². The van der Waals surface area contributed by atoms with E-state index in [1.807, 2.05) is 0 Å². The Labute approximate surface area is 102 Å². The highest BCUT2D eigenvalue weighted by atomic mass is 32.3. The average Bonchev–Trinajstić information content (AvgIpc) is 2.14. The number of rotatable bonds is 8. The average molecular weight is 270 g/mol. The molecule has 9 heteroatoms. The second-order valence-electron chi connectivity index (χ2n) is 3.26. The van der Waals surface area contributed by atoms with E-state index in [0.717, 1.165) is 25.7 Å². The molecule has 8 nitrogen and oxygen atoms in total. The molecule has 0 saturated carbocycles. The van der Waals surface area contributed by atoms with E-state index in [2.05, 4.69) is 15.7 Å². The van der Waals surface area contributed by atoms with E-state index in [1.165, 1.54) is 0 Å². The van der Waals surface area contributed by atoms with Gasteiger partial charge in [0.1, 0.15) is 0 Å². The lowest BCUT2D eigenvalue weighted by Crippen LogP contribution is -2.20. The fourth-order valence-corrected chi connectivity index (χ4v) is 1.27. The summed E-state index contributed by atoms with van der Waals surface area (Å²) >= 11 is 0. The van der Waals surface area contributed by atoms with Gasteiger partial charge in [0, 0.05) is 0 Å². The maximum atomic E-state index is 10.1. The van der Waals surface area contributed by atoms with Crippen LogP contribution in [0.1, 0.15) is 32.1 Å². The fourth-order valence-electron chi connectivity index (χ4n) is 0.941. The second kappa shape index (κ2) is 11.6. The van der Waals surface area contributed by atoms with Crippen molar-refractivity contribution in [1.82, 2.24) is 0 Å². The molecule has 0 saturated heterocycles. The van der Waals surface area contributed by atoms with Crippen molar-refractivity contribution in [3.63, 3.8) is 0 Å². The van der Waals surface area contributed by atoms with Gasteiger partial charge in [0.25, 0.3) is 0 Å². The van der Waals surface area contributed by atoms with Crippen molar-refractivity contribution >= 4 is 16.4 Å². The van der Waals surface area contributed by atoms with Crippen molar-refractivity contribution in [1.29, 1.82) is 5.41 Å². The van der Waals surface area contributed by atoms with Crippen LogP contribution in [-0.2, 0) is 14.6 Å². The largest absolute Gasteiger partial charge is 0.397 e. The van der Waals surface area contributed by atoms with Gasteiger partial charge in [0.15, 0.2) is 5.96 Å². The Morgan fingerprint density at radius 3 is 1.94 bits per heavy atom. The molecular weight excluding hydrogens is 248 g/mol. The standard InChI is InChI=1S/C7H17NO4S.CH5N3/c8-6-4-2-1-3-5-7-12-13(9,10)11;2-1(3)4/h1-8H2,(H,9,10,11);(H5,2,3,4). The normalized spacial score (nSPS) is 10.5. The zero-order valence-electron chi connectivity index (χ0n) is 9.76. The number of hydrogen-bond acceptors (Lipinski definition) is 5. The number of nitrogens with one attached hydrogen (secondary N) is 1. The summed E-state index contributed by atoms with van der Waals surface area (Å²) in [5, 5.41) is 6.06. The number of unbranched alkanes of at least 4 members (excludes halogenated alkanes) is 4. The van der Waals surface area contributed by atoms with Crippen LogP contribution in [0.3, 0.4) is 0 Å². The van der Waals surface area contributed by atoms with E-state index in [-0.39, 0.29) is 12.6 Å². The Hall–Kier alpha value is -0.900. The van der Waals surface area contributed by atoms with Gasteiger partial charge in [0.05, 0.1) is 6.61 Å². The lowest BCUT2D eigenvalue weighted by Gasteiger charge is -2.00. The van der Waals surface area contributed by atoms with Crippen molar-refractivity contribution < 1.29 is 17.2 Å². The minimum atomic E-state index is -4.24. The number of hydrogen-bond donors (Lipinski definition) is 5. The van der Waals surface area contributed by atoms with Crippen LogP contribution in [0.5, 0.6) is 0 Å². The Kier molecular flexibility index (Phi) is 12.6. The van der Waals surface area contributed by atoms with Gasteiger partial charge in [-0.3, -0.25) is 9.96 Å². The lowest BCUT2D eigenvalue weighted by molar-refractivity contribution is 0.261. The third-order valence-electron chi connectivity index (χ3n) is 1.58. The molecule has 0 aromatic carbocycles. The van der Waals surface area contributed by atoms with Crippen LogP contribution in [-0.4, -0.2) is 32.1 Å². The highest BCUT2D eigenvalue weighted by Gasteiger charge is 2.02. The first kappa shape index (κ1) is 18.5. The fraction of sp³-hybridized carbons (Fsp3) is 0.875. The van der Waals surface area contributed by atoms with Gasteiger partial charge in [-0.05, 0) is 19.4 Å². The molecule has 0 heterocycles. The van der Waals surface area contributed by atoms with E-state index < -0.39 is 10.4 Å². The third-order valence-corrected chi connectivity index (χ3v) is 2.05. The summed E-state index contributed by atoms with van der Waals surface area (Å²) in [7, 11) is -4.24. The van der Waals surface area contributed by atoms with Crippen LogP contribution < -0.4 is 17.2 Å². The van der Waals surface area contributed by atoms with E-state index in [4.69, 9.17) is 15.7 Å². The maximum absolute atomic E-state index is 10.1. The van der Waals surface area contributed by atoms with Gasteiger partial charge in [-0.15, -0.1) is 0 Å². The van der Waals surface area contributed by atoms with Crippen LogP contribution in [0.15, 0.2) is 0 Å². The summed E-state index contributed by atoms with van der Waals surface area (Å²) < 4.78 is 32.5. The SMILES string of the molecule is N=C(N)N.NCCCCCCCOS(=O)(=O)O. The van der Waals surface area contributed by atoms with Gasteiger partial charge in [0.2, 0.25) is 0 Å². The highest BCUT2D eigenvalue weighted by Crippen LogP contribution is 2.02. The topological polar surface area (TPSA) is 166 Å². The first-order chi connectivity index (χ1) is 7.79. The molecule has 0 spiro atoms. The number of guanidine groups is 1. The lowest BCUT2D eigenvalue weighted by atomic mass is 10.1. The van der Waals surface area contributed by atoms with Crippen LogP contribution in [0.4, 0.5) is 0 Å². The van der Waals surface area contributed by atoms with Crippen LogP contribution in [0.25, 0.3) is 0 Å².